The van der Waals surface area contributed by atoms with Gasteiger partial charge in [-0.25, -0.2) is 0 Å². The first-order valence-corrected chi connectivity index (χ1v) is 9.91. The molecule has 0 saturated heterocycles. The summed E-state index contributed by atoms with van der Waals surface area (Å²) in [5, 5.41) is 9.86. The van der Waals surface area contributed by atoms with Gasteiger partial charge >= 0.3 is 0 Å². The van der Waals surface area contributed by atoms with E-state index < -0.39 is 5.60 Å². The van der Waals surface area contributed by atoms with Crippen molar-refractivity contribution in [3.05, 3.63) is 102 Å². The largest absolute Gasteiger partial charge is 0.493 e. The molecule has 0 spiro atoms. The zero-order valence-corrected chi connectivity index (χ0v) is 17.3. The van der Waals surface area contributed by atoms with Gasteiger partial charge in [-0.05, 0) is 56.2 Å². The van der Waals surface area contributed by atoms with Gasteiger partial charge in [-0.3, -0.25) is 0 Å². The molecule has 0 unspecified atom stereocenters. The molecule has 1 N–H and O–H groups in total. The van der Waals surface area contributed by atoms with Gasteiger partial charge in [0.1, 0.15) is 18.1 Å². The van der Waals surface area contributed by atoms with Crippen LogP contribution in [0.2, 0.25) is 0 Å². The highest BCUT2D eigenvalue weighted by Crippen LogP contribution is 2.33. The Balaban J connectivity index is 2.05. The molecule has 0 aromatic heterocycles. The Hall–Kier alpha value is -3.04. The van der Waals surface area contributed by atoms with Crippen LogP contribution < -0.4 is 4.74 Å². The average molecular weight is 389 g/mol. The molecule has 3 aromatic rings. The van der Waals surface area contributed by atoms with Crippen LogP contribution in [0.5, 0.6) is 5.75 Å². The lowest BCUT2D eigenvalue weighted by atomic mass is 9.94. The Labute approximate surface area is 173 Å². The summed E-state index contributed by atoms with van der Waals surface area (Å²) in [7, 11) is 0. The van der Waals surface area contributed by atoms with E-state index in [9.17, 15) is 5.11 Å². The van der Waals surface area contributed by atoms with Crippen LogP contribution in [0.4, 0.5) is 0 Å². The summed E-state index contributed by atoms with van der Waals surface area (Å²) in [5.74, 6) is 1.55. The van der Waals surface area contributed by atoms with Crippen LogP contribution in [0.1, 0.15) is 37.5 Å². The van der Waals surface area contributed by atoms with Gasteiger partial charge in [0.15, 0.2) is 0 Å². The molecule has 3 nitrogen and oxygen atoms in total. The molecule has 29 heavy (non-hydrogen) atoms. The molecule has 3 rings (SSSR count). The molecule has 0 amide bonds. The number of benzene rings is 3. The van der Waals surface area contributed by atoms with Gasteiger partial charge in [0.25, 0.3) is 0 Å². The highest BCUT2D eigenvalue weighted by atomic mass is 16.5. The lowest BCUT2D eigenvalue weighted by molar-refractivity contribution is 0.0285. The number of rotatable bonds is 8. The SMILES string of the molecule is CCOC(=C(c1ccccc1)c1ccccc1)c1ccc(OCC(C)(C)O)cc1. The lowest BCUT2D eigenvalue weighted by Gasteiger charge is -2.19. The van der Waals surface area contributed by atoms with E-state index in [2.05, 4.69) is 24.3 Å². The fourth-order valence-corrected chi connectivity index (χ4v) is 3.05. The normalized spacial score (nSPS) is 11.0. The Morgan fingerprint density at radius 2 is 1.28 bits per heavy atom. The van der Waals surface area contributed by atoms with Crippen molar-refractivity contribution >= 4 is 11.3 Å². The molecule has 0 atom stereocenters. The lowest BCUT2D eigenvalue weighted by Crippen LogP contribution is -2.27. The van der Waals surface area contributed by atoms with Crippen LogP contribution in [0.15, 0.2) is 84.9 Å². The third-order valence-electron chi connectivity index (χ3n) is 4.35. The monoisotopic (exact) mass is 388 g/mol. The third-order valence-corrected chi connectivity index (χ3v) is 4.35. The third kappa shape index (κ3) is 5.72. The van der Waals surface area contributed by atoms with Gasteiger partial charge in [-0.1, -0.05) is 60.7 Å². The van der Waals surface area contributed by atoms with Crippen molar-refractivity contribution in [3.8, 4) is 5.75 Å². The molecule has 0 aliphatic heterocycles. The highest BCUT2D eigenvalue weighted by molar-refractivity contribution is 5.96. The van der Waals surface area contributed by atoms with Crippen LogP contribution in [-0.2, 0) is 4.74 Å². The van der Waals surface area contributed by atoms with Gasteiger partial charge < -0.3 is 14.6 Å². The van der Waals surface area contributed by atoms with E-state index in [1.54, 1.807) is 13.8 Å². The van der Waals surface area contributed by atoms with E-state index >= 15 is 0 Å². The number of aliphatic hydroxyl groups is 1. The fraction of sp³-hybridized carbons (Fsp3) is 0.231. The van der Waals surface area contributed by atoms with E-state index in [-0.39, 0.29) is 6.61 Å². The molecule has 0 fully saturated rings. The summed E-state index contributed by atoms with van der Waals surface area (Å²) in [4.78, 5) is 0. The summed E-state index contributed by atoms with van der Waals surface area (Å²) < 4.78 is 11.8. The number of ether oxygens (including phenoxy) is 2. The standard InChI is InChI=1S/C26H28O3/c1-4-28-25(22-15-17-23(18-16-22)29-19-26(2,3)27)24(20-11-7-5-8-12-20)21-13-9-6-10-14-21/h5-18,27H,4,19H2,1-3H3. The first-order valence-electron chi connectivity index (χ1n) is 9.91. The second-order valence-corrected chi connectivity index (χ2v) is 7.49. The Bertz CT molecular complexity index is 880. The molecule has 0 aliphatic rings. The topological polar surface area (TPSA) is 38.7 Å². The molecule has 3 aromatic carbocycles. The molecule has 150 valence electrons. The minimum absolute atomic E-state index is 0.236. The second kappa shape index (κ2) is 9.44. The van der Waals surface area contributed by atoms with Crippen molar-refractivity contribution in [2.75, 3.05) is 13.2 Å². The smallest absolute Gasteiger partial charge is 0.134 e. The average Bonchev–Trinajstić information content (AvgIpc) is 2.73. The molecule has 0 saturated carbocycles. The fourth-order valence-electron chi connectivity index (χ4n) is 3.05. The summed E-state index contributed by atoms with van der Waals surface area (Å²) in [6.07, 6.45) is 0. The molecular weight excluding hydrogens is 360 g/mol. The summed E-state index contributed by atoms with van der Waals surface area (Å²) in [6, 6.07) is 28.4. The second-order valence-electron chi connectivity index (χ2n) is 7.49. The number of hydrogen-bond donors (Lipinski definition) is 1. The molecule has 0 aliphatic carbocycles. The van der Waals surface area contributed by atoms with Crippen LogP contribution in [0, 0.1) is 0 Å². The minimum atomic E-state index is -0.872. The Kier molecular flexibility index (Phi) is 6.73. The van der Waals surface area contributed by atoms with E-state index in [1.807, 2.05) is 67.6 Å². The highest BCUT2D eigenvalue weighted by Gasteiger charge is 2.16. The molecule has 0 bridgehead atoms. The maximum absolute atomic E-state index is 9.86. The Morgan fingerprint density at radius 1 is 0.759 bits per heavy atom. The summed E-state index contributed by atoms with van der Waals surface area (Å²) in [6.45, 7) is 6.25. The van der Waals surface area contributed by atoms with Gasteiger partial charge in [-0.2, -0.15) is 0 Å². The summed E-state index contributed by atoms with van der Waals surface area (Å²) in [5.41, 5.74) is 3.36. The van der Waals surface area contributed by atoms with E-state index in [4.69, 9.17) is 9.47 Å². The van der Waals surface area contributed by atoms with Crippen LogP contribution >= 0.6 is 0 Å². The molecule has 0 radical (unpaired) electrons. The first kappa shape index (κ1) is 20.7. The van der Waals surface area contributed by atoms with Crippen molar-refractivity contribution in [2.45, 2.75) is 26.4 Å². The van der Waals surface area contributed by atoms with E-state index in [1.165, 1.54) is 0 Å². The zero-order chi connectivity index (χ0) is 20.7. The minimum Gasteiger partial charge on any atom is -0.493 e. The van der Waals surface area contributed by atoms with Crippen molar-refractivity contribution in [1.82, 2.24) is 0 Å². The van der Waals surface area contributed by atoms with E-state index in [0.29, 0.717) is 12.4 Å². The van der Waals surface area contributed by atoms with Crippen molar-refractivity contribution in [1.29, 1.82) is 0 Å². The van der Waals surface area contributed by atoms with Crippen LogP contribution in [0.25, 0.3) is 11.3 Å². The van der Waals surface area contributed by atoms with Gasteiger partial charge in [0.2, 0.25) is 0 Å². The van der Waals surface area contributed by atoms with Gasteiger partial charge in [0.05, 0.1) is 12.2 Å². The first-order chi connectivity index (χ1) is 14.0. The van der Waals surface area contributed by atoms with Gasteiger partial charge in [0, 0.05) is 11.1 Å². The Morgan fingerprint density at radius 3 is 1.72 bits per heavy atom. The van der Waals surface area contributed by atoms with Crippen molar-refractivity contribution < 1.29 is 14.6 Å². The van der Waals surface area contributed by atoms with Crippen molar-refractivity contribution in [3.63, 3.8) is 0 Å². The van der Waals surface area contributed by atoms with Crippen molar-refractivity contribution in [2.24, 2.45) is 0 Å². The van der Waals surface area contributed by atoms with Crippen LogP contribution in [0.3, 0.4) is 0 Å². The van der Waals surface area contributed by atoms with Gasteiger partial charge in [-0.15, -0.1) is 0 Å². The zero-order valence-electron chi connectivity index (χ0n) is 17.3. The maximum atomic E-state index is 9.86. The summed E-state index contributed by atoms with van der Waals surface area (Å²) >= 11 is 0. The molecule has 0 heterocycles. The predicted molar refractivity (Wildman–Crippen MR) is 119 cm³/mol. The maximum Gasteiger partial charge on any atom is 0.134 e. The number of hydrogen-bond acceptors (Lipinski definition) is 3. The predicted octanol–water partition coefficient (Wildman–Crippen LogP) is 5.79. The quantitative estimate of drug-likeness (QED) is 0.392. The molecule has 3 heteroatoms. The molecular formula is C26H28O3. The van der Waals surface area contributed by atoms with E-state index in [0.717, 1.165) is 28.0 Å². The van der Waals surface area contributed by atoms with Crippen LogP contribution in [-0.4, -0.2) is 23.9 Å².